The van der Waals surface area contributed by atoms with E-state index in [4.69, 9.17) is 75.8 Å². The molecule has 16 unspecified atom stereocenters. The van der Waals surface area contributed by atoms with Gasteiger partial charge in [0.05, 0.1) is 70.6 Å². The zero-order chi connectivity index (χ0) is 102. The van der Waals surface area contributed by atoms with E-state index in [2.05, 4.69) is 41.9 Å². The molecule has 140 heavy (non-hydrogen) atoms. The molecule has 25 N–H and O–H groups in total. The van der Waals surface area contributed by atoms with Crippen molar-refractivity contribution in [3.63, 3.8) is 0 Å². The van der Waals surface area contributed by atoms with Gasteiger partial charge in [0.2, 0.25) is 17.7 Å². The number of aliphatic hydroxyl groups excluding tert-OH is 22. The van der Waals surface area contributed by atoms with Crippen LogP contribution in [-0.2, 0) is 90.2 Å². The van der Waals surface area contributed by atoms with Gasteiger partial charge in [0, 0.05) is 20.3 Å². The fourth-order valence-electron chi connectivity index (χ4n) is 19.0. The van der Waals surface area contributed by atoms with Crippen LogP contribution in [0.2, 0.25) is 0 Å². The van der Waals surface area contributed by atoms with E-state index in [1.807, 2.05) is 6.08 Å². The molecule has 8 rings (SSSR count). The number of hydrogen-bond donors (Lipinski definition) is 25. The van der Waals surface area contributed by atoms with Crippen molar-refractivity contribution in [3.8, 4) is 0 Å². The van der Waals surface area contributed by atoms with Crippen LogP contribution in [0.5, 0.6) is 0 Å². The van der Waals surface area contributed by atoms with Crippen LogP contribution in [0.4, 0.5) is 0 Å². The molecule has 0 radical (unpaired) electrons. The highest BCUT2D eigenvalue weighted by Crippen LogP contribution is 2.41. The topological polar surface area (TPSA) is 680 Å². The first-order chi connectivity index (χ1) is 67.2. The fraction of sp³-hybridized carbons (Fsp3) is 0.927. The molecule has 3 amide bonds. The number of nitrogens with one attached hydrogen (secondary N) is 3. The number of hydrogen-bond acceptors (Lipinski definition) is 41. The van der Waals surface area contributed by atoms with Crippen molar-refractivity contribution in [2.24, 2.45) is 0 Å². The molecule has 44 nitrogen and oxygen atoms in total. The Balaban J connectivity index is 0.952. The average Bonchev–Trinajstić information content (AvgIpc) is 0.768. The maximum Gasteiger partial charge on any atom is 0.220 e. The number of aliphatic hydroxyl groups is 22. The Morgan fingerprint density at radius 2 is 0.607 bits per heavy atom. The van der Waals surface area contributed by atoms with E-state index in [0.717, 1.165) is 78.1 Å². The minimum Gasteiger partial charge on any atom is -0.394 e. The summed E-state index contributed by atoms with van der Waals surface area (Å²) < 4.78 is 97.0. The van der Waals surface area contributed by atoms with E-state index in [-0.39, 0.29) is 12.3 Å². The highest BCUT2D eigenvalue weighted by Gasteiger charge is 2.61. The van der Waals surface area contributed by atoms with E-state index in [9.17, 15) is 127 Å². The normalized spacial score (nSPS) is 38.9. The van der Waals surface area contributed by atoms with Crippen molar-refractivity contribution in [1.82, 2.24) is 16.0 Å². The Kier molecular flexibility index (Phi) is 55.6. The predicted octanol–water partition coefficient (Wildman–Crippen LogP) is -1.82. The van der Waals surface area contributed by atoms with Crippen molar-refractivity contribution in [1.29, 1.82) is 0 Å². The van der Waals surface area contributed by atoms with Crippen molar-refractivity contribution < 1.29 is 203 Å². The van der Waals surface area contributed by atoms with Gasteiger partial charge in [0.15, 0.2) is 50.3 Å². The smallest absolute Gasteiger partial charge is 0.220 e. The van der Waals surface area contributed by atoms with Gasteiger partial charge >= 0.3 is 0 Å². The number of carbonyl (C=O) groups is 3. The van der Waals surface area contributed by atoms with Gasteiger partial charge in [-0.15, -0.1) is 0 Å². The lowest BCUT2D eigenvalue weighted by molar-refractivity contribution is -0.398. The van der Waals surface area contributed by atoms with Gasteiger partial charge in [0.25, 0.3) is 0 Å². The standard InChI is InChI=1S/C96H171N3O41/c1-7-9-11-13-15-17-19-21-22-23-24-25-26-27-28-29-30-32-34-36-38-40-42-44-64(109)99-56(57(108)43-41-39-37-35-33-31-20-18-16-14-12-10-8-2)51-125-91-79(122)76(119)83(62(49-104)133-91)134-94-80(123)87(71(114)59(46-101)128-94)139-90-66(98-55(6)107)85(84(63(50-105)132-90)136-92-77(120)73(116)67(110)52(3)126-92)137-95-81(124)86(70(113)60(47-102)129-95)138-89-65(97-54(5)106)72(115)82(61(48-103)131-89)135-96-88(75(118)69(112)58(45-100)130-96)140-93-78(121)74(117)68(111)53(4)127-93/h21-22,41,43,52-53,56-63,65-96,100-105,108,110-124H,7-20,23-40,42,44-51H2,1-6H3,(H,97,106)(H,98,107)(H,99,109)/b22-21-,43-41+/t52?,53?,56-,57+,58?,59?,60?,61?,62?,63?,65?,66?,67+,68+,69-,70-,71-,72+,73?,74?,75-,76+,77-,78-,79?,80?,81?,82+,83+,84+,85+,86-,87-,88?,89-,90-,91+,92+,93+,94-,95-,96-/m0/s1. The first-order valence-electron chi connectivity index (χ1n) is 51.4. The van der Waals surface area contributed by atoms with Crippen molar-refractivity contribution in [3.05, 3.63) is 24.3 Å². The summed E-state index contributed by atoms with van der Waals surface area (Å²) in [6.07, 6.45) is -30.9. The lowest BCUT2D eigenvalue weighted by Gasteiger charge is -2.52. The lowest BCUT2D eigenvalue weighted by Crippen LogP contribution is -2.72. The molecular weight excluding hydrogens is 1850 g/mol. The van der Waals surface area contributed by atoms with Crippen LogP contribution in [0, 0.1) is 0 Å². The molecule has 0 saturated carbocycles. The summed E-state index contributed by atoms with van der Waals surface area (Å²) in [5.74, 6) is -2.29. The van der Waals surface area contributed by atoms with Crippen LogP contribution in [0.3, 0.4) is 0 Å². The SMILES string of the molecule is CCCCCCCC/C=C\CCCCCCCCCCCCCCCC(=O)N[C@@H](CO[C@@H]1OC(CO)[C@@H](O[C@@H]2OC(CO)[C@H](O)[C@H](O[C@@H]3OC(CO)[C@@H](O[C@H]4OC(C)[C@@H](O)C(O)[C@@H]4O)[C@H](O[C@@H]4OC(CO)[C@H](O)[C@H](O[C@@H]5OC(CO)[C@@H](O[C@@H]6OC(CO)[C@H](O)[C@H](O)C6O[C@H]6OC(C)[C@@H](O)C(O)[C@@H]6O)[C@H](O)C5NC(C)=O)C4O)C3NC(C)=O)C2O)[C@H](O)C1O)[C@H](O)/C=C/CCCCCCCCCCCCC. The van der Waals surface area contributed by atoms with E-state index in [1.54, 1.807) is 6.08 Å². The number of allylic oxidation sites excluding steroid dienone is 3. The zero-order valence-corrected chi connectivity index (χ0v) is 82.1. The third kappa shape index (κ3) is 36.1. The summed E-state index contributed by atoms with van der Waals surface area (Å²) in [6.45, 7) is 1.86. The number of ether oxygens (including phenoxy) is 16. The number of rotatable bonds is 63. The zero-order valence-electron chi connectivity index (χ0n) is 82.1. The Morgan fingerprint density at radius 3 is 1.04 bits per heavy atom. The Morgan fingerprint density at radius 1 is 0.293 bits per heavy atom. The highest BCUT2D eigenvalue weighted by atomic mass is 16.8. The van der Waals surface area contributed by atoms with Crippen LogP contribution < -0.4 is 16.0 Å². The third-order valence-electron chi connectivity index (χ3n) is 27.5. The Hall–Kier alpha value is -3.63. The molecule has 0 aromatic heterocycles. The Bertz CT molecular complexity index is 3430. The van der Waals surface area contributed by atoms with Crippen LogP contribution in [-0.4, -0.2) is 434 Å². The number of amides is 3. The first kappa shape index (κ1) is 122. The average molecular weight is 2020 g/mol. The maximum atomic E-state index is 13.7. The second-order valence-corrected chi connectivity index (χ2v) is 38.7. The molecule has 0 bridgehead atoms. The number of carbonyl (C=O) groups excluding carboxylic acids is 3. The largest absolute Gasteiger partial charge is 0.394 e. The van der Waals surface area contributed by atoms with Crippen LogP contribution in [0.15, 0.2) is 24.3 Å². The molecule has 8 aliphatic rings. The van der Waals surface area contributed by atoms with Gasteiger partial charge < -0.3 is 204 Å². The maximum absolute atomic E-state index is 13.7. The van der Waals surface area contributed by atoms with E-state index in [1.165, 1.54) is 149 Å². The minimum absolute atomic E-state index is 0.138. The van der Waals surface area contributed by atoms with Gasteiger partial charge in [-0.3, -0.25) is 14.4 Å². The molecule has 42 atom stereocenters. The predicted molar refractivity (Wildman–Crippen MR) is 493 cm³/mol. The summed E-state index contributed by atoms with van der Waals surface area (Å²) >= 11 is 0. The summed E-state index contributed by atoms with van der Waals surface area (Å²) in [5, 5.41) is 258. The van der Waals surface area contributed by atoms with Gasteiger partial charge in [-0.05, 0) is 58.8 Å². The second-order valence-electron chi connectivity index (χ2n) is 38.7. The summed E-state index contributed by atoms with van der Waals surface area (Å²) in [7, 11) is 0. The van der Waals surface area contributed by atoms with E-state index in [0.29, 0.717) is 12.8 Å². The molecule has 0 aromatic rings. The van der Waals surface area contributed by atoms with Crippen LogP contribution in [0.1, 0.15) is 260 Å². The first-order valence-corrected chi connectivity index (χ1v) is 51.4. The van der Waals surface area contributed by atoms with Crippen molar-refractivity contribution in [2.45, 2.75) is 518 Å². The molecule has 8 heterocycles. The summed E-state index contributed by atoms with van der Waals surface area (Å²) in [5.41, 5.74) is 0. The van der Waals surface area contributed by atoms with E-state index < -0.39 is 316 Å². The molecule has 8 aliphatic heterocycles. The quantitative estimate of drug-likeness (QED) is 0.0235. The molecule has 0 aliphatic carbocycles. The molecule has 816 valence electrons. The number of unbranched alkanes of at least 4 members (excludes halogenated alkanes) is 30. The van der Waals surface area contributed by atoms with Crippen molar-refractivity contribution >= 4 is 17.7 Å². The molecular formula is C96H171N3O41. The lowest BCUT2D eigenvalue weighted by atomic mass is 9.93. The monoisotopic (exact) mass is 2020 g/mol. The van der Waals surface area contributed by atoms with Gasteiger partial charge in [0.1, 0.15) is 183 Å². The van der Waals surface area contributed by atoms with E-state index >= 15 is 0 Å². The van der Waals surface area contributed by atoms with Gasteiger partial charge in [-0.1, -0.05) is 205 Å². The van der Waals surface area contributed by atoms with Gasteiger partial charge in [-0.25, -0.2) is 0 Å². The van der Waals surface area contributed by atoms with Crippen LogP contribution in [0.25, 0.3) is 0 Å². The molecule has 44 heteroatoms. The Labute approximate surface area is 820 Å². The second kappa shape index (κ2) is 64.0. The molecule has 8 saturated heterocycles. The third-order valence-corrected chi connectivity index (χ3v) is 27.5. The molecule has 0 spiro atoms. The van der Waals surface area contributed by atoms with Crippen molar-refractivity contribution in [2.75, 3.05) is 46.2 Å². The molecule has 0 aromatic carbocycles. The summed E-state index contributed by atoms with van der Waals surface area (Å²) in [4.78, 5) is 40.6. The molecule has 8 fully saturated rings. The highest BCUT2D eigenvalue weighted by molar-refractivity contribution is 5.76. The minimum atomic E-state index is -2.46. The fourth-order valence-corrected chi connectivity index (χ4v) is 19.0. The van der Waals surface area contributed by atoms with Gasteiger partial charge in [-0.2, -0.15) is 0 Å². The van der Waals surface area contributed by atoms with Crippen LogP contribution >= 0.6 is 0 Å². The summed E-state index contributed by atoms with van der Waals surface area (Å²) in [6, 6.07) is -5.10.